The highest BCUT2D eigenvalue weighted by Gasteiger charge is 2.40. The molecule has 1 unspecified atom stereocenters. The van der Waals surface area contributed by atoms with Crippen molar-refractivity contribution in [2.75, 3.05) is 13.7 Å². The number of carbonyl (C=O) groups excluding carboxylic acids is 2. The summed E-state index contributed by atoms with van der Waals surface area (Å²) < 4.78 is 14.2. The lowest BCUT2D eigenvalue weighted by molar-refractivity contribution is 0.0513. The number of carbonyl (C=O) groups is 2. The van der Waals surface area contributed by atoms with Gasteiger partial charge in [-0.25, -0.2) is 4.79 Å². The number of amides is 1. The number of unbranched alkanes of at least 4 members (excludes halogenated alkanes) is 1. The van der Waals surface area contributed by atoms with Gasteiger partial charge in [-0.15, -0.1) is 0 Å². The van der Waals surface area contributed by atoms with E-state index in [1.165, 1.54) is 4.68 Å². The standard InChI is InChI=1S/C29H38N4O4/c1-29(2,3)37-28(35)32-19-20-18-22(12-13-25(20)30-32)33(21-10-11-21)27(34)24-8-7-9-26-23(24)14-16-31(26)15-5-6-17-36-4/h7-9,14,16,19,21-22H,5-6,10-13,15,17-18H2,1-4H3. The topological polar surface area (TPSA) is 78.6 Å². The Balaban J connectivity index is 1.35. The third-order valence-electron chi connectivity index (χ3n) is 7.24. The summed E-state index contributed by atoms with van der Waals surface area (Å²) in [6, 6.07) is 8.51. The van der Waals surface area contributed by atoms with Crippen LogP contribution >= 0.6 is 0 Å². The summed E-state index contributed by atoms with van der Waals surface area (Å²) in [4.78, 5) is 28.7. The monoisotopic (exact) mass is 506 g/mol. The van der Waals surface area contributed by atoms with Gasteiger partial charge in [0.15, 0.2) is 0 Å². The van der Waals surface area contributed by atoms with E-state index < -0.39 is 11.7 Å². The van der Waals surface area contributed by atoms with Gasteiger partial charge in [0.1, 0.15) is 5.60 Å². The average molecular weight is 507 g/mol. The Morgan fingerprint density at radius 3 is 2.65 bits per heavy atom. The highest BCUT2D eigenvalue weighted by Crippen LogP contribution is 2.36. The number of fused-ring (bicyclic) bond motifs is 2. The van der Waals surface area contributed by atoms with Gasteiger partial charge in [0.25, 0.3) is 5.91 Å². The van der Waals surface area contributed by atoms with Crippen molar-refractivity contribution >= 4 is 22.9 Å². The van der Waals surface area contributed by atoms with Crippen LogP contribution in [0, 0.1) is 0 Å². The molecular formula is C29H38N4O4. The molecule has 1 saturated carbocycles. The van der Waals surface area contributed by atoms with E-state index >= 15 is 0 Å². The van der Waals surface area contributed by atoms with Crippen molar-refractivity contribution in [3.8, 4) is 0 Å². The van der Waals surface area contributed by atoms with Crippen LogP contribution in [0.3, 0.4) is 0 Å². The van der Waals surface area contributed by atoms with Crippen LogP contribution in [0.4, 0.5) is 4.79 Å². The normalized spacial score (nSPS) is 17.6. The molecule has 0 N–H and O–H groups in total. The number of ether oxygens (including phenoxy) is 2. The van der Waals surface area contributed by atoms with E-state index in [-0.39, 0.29) is 18.0 Å². The molecule has 198 valence electrons. The van der Waals surface area contributed by atoms with Crippen molar-refractivity contribution in [2.24, 2.45) is 0 Å². The zero-order valence-electron chi connectivity index (χ0n) is 22.4. The number of hydrogen-bond donors (Lipinski definition) is 0. The van der Waals surface area contributed by atoms with E-state index in [4.69, 9.17) is 9.47 Å². The van der Waals surface area contributed by atoms with Gasteiger partial charge in [-0.05, 0) is 89.5 Å². The maximum absolute atomic E-state index is 14.0. The Kier molecular flexibility index (Phi) is 7.12. The minimum Gasteiger partial charge on any atom is -0.442 e. The van der Waals surface area contributed by atoms with Crippen molar-refractivity contribution in [2.45, 2.75) is 89.9 Å². The Morgan fingerprint density at radius 1 is 1.11 bits per heavy atom. The molecule has 37 heavy (non-hydrogen) atoms. The third kappa shape index (κ3) is 5.59. The largest absolute Gasteiger partial charge is 0.442 e. The fraction of sp³-hybridized carbons (Fsp3) is 0.552. The fourth-order valence-electron chi connectivity index (χ4n) is 5.38. The quantitative estimate of drug-likeness (QED) is 0.392. The van der Waals surface area contributed by atoms with Crippen molar-refractivity contribution in [1.29, 1.82) is 0 Å². The molecule has 5 rings (SSSR count). The van der Waals surface area contributed by atoms with E-state index in [1.807, 2.05) is 32.9 Å². The molecule has 1 aromatic carbocycles. The lowest BCUT2D eigenvalue weighted by atomic mass is 9.91. The van der Waals surface area contributed by atoms with Crippen LogP contribution in [-0.4, -0.2) is 62.6 Å². The number of nitrogens with zero attached hydrogens (tertiary/aromatic N) is 4. The first-order chi connectivity index (χ1) is 17.7. The lowest BCUT2D eigenvalue weighted by Gasteiger charge is -2.34. The summed E-state index contributed by atoms with van der Waals surface area (Å²) in [5, 5.41) is 5.51. The van der Waals surface area contributed by atoms with E-state index in [2.05, 4.69) is 32.9 Å². The van der Waals surface area contributed by atoms with E-state index in [9.17, 15) is 9.59 Å². The zero-order chi connectivity index (χ0) is 26.2. The van der Waals surface area contributed by atoms with Crippen LogP contribution in [0.1, 0.15) is 74.5 Å². The molecule has 2 aliphatic carbocycles. The Morgan fingerprint density at radius 2 is 1.92 bits per heavy atom. The molecule has 1 amide bonds. The number of hydrogen-bond acceptors (Lipinski definition) is 5. The molecule has 1 atom stereocenters. The number of aromatic nitrogens is 3. The number of rotatable bonds is 8. The first kappa shape index (κ1) is 25.5. The van der Waals surface area contributed by atoms with Gasteiger partial charge in [0.2, 0.25) is 0 Å². The molecule has 2 aromatic heterocycles. The second-order valence-electron chi connectivity index (χ2n) is 11.3. The van der Waals surface area contributed by atoms with Crippen LogP contribution in [0.5, 0.6) is 0 Å². The molecule has 0 bridgehead atoms. The summed E-state index contributed by atoms with van der Waals surface area (Å²) in [6.45, 7) is 7.21. The summed E-state index contributed by atoms with van der Waals surface area (Å²) in [5.41, 5.74) is 3.25. The number of aryl methyl sites for hydroxylation is 2. The molecular weight excluding hydrogens is 468 g/mol. The second-order valence-corrected chi connectivity index (χ2v) is 11.3. The summed E-state index contributed by atoms with van der Waals surface area (Å²) >= 11 is 0. The van der Waals surface area contributed by atoms with Gasteiger partial charge in [0.05, 0.1) is 5.69 Å². The fourth-order valence-corrected chi connectivity index (χ4v) is 5.38. The van der Waals surface area contributed by atoms with Gasteiger partial charge in [-0.2, -0.15) is 9.78 Å². The van der Waals surface area contributed by atoms with Crippen molar-refractivity contribution in [3.05, 3.63) is 53.5 Å². The maximum Gasteiger partial charge on any atom is 0.435 e. The number of benzene rings is 1. The van der Waals surface area contributed by atoms with Crippen LogP contribution in [-0.2, 0) is 28.9 Å². The van der Waals surface area contributed by atoms with Gasteiger partial charge < -0.3 is 18.9 Å². The lowest BCUT2D eigenvalue weighted by Crippen LogP contribution is -2.44. The molecule has 8 heteroatoms. The molecule has 2 aliphatic rings. The molecule has 0 saturated heterocycles. The van der Waals surface area contributed by atoms with E-state index in [0.29, 0.717) is 6.42 Å². The van der Waals surface area contributed by atoms with Crippen molar-refractivity contribution in [3.63, 3.8) is 0 Å². The Labute approximate surface area is 218 Å². The van der Waals surface area contributed by atoms with Crippen molar-refractivity contribution < 1.29 is 19.1 Å². The van der Waals surface area contributed by atoms with Crippen LogP contribution < -0.4 is 0 Å². The van der Waals surface area contributed by atoms with Crippen LogP contribution in [0.25, 0.3) is 10.9 Å². The zero-order valence-corrected chi connectivity index (χ0v) is 22.4. The van der Waals surface area contributed by atoms with Gasteiger partial charge in [-0.1, -0.05) is 6.07 Å². The minimum absolute atomic E-state index is 0.0928. The molecule has 8 nitrogen and oxygen atoms in total. The highest BCUT2D eigenvalue weighted by molar-refractivity contribution is 6.07. The minimum atomic E-state index is -0.578. The number of methoxy groups -OCH3 is 1. The summed E-state index contributed by atoms with van der Waals surface area (Å²) in [7, 11) is 1.73. The smallest absolute Gasteiger partial charge is 0.435 e. The first-order valence-corrected chi connectivity index (χ1v) is 13.5. The maximum atomic E-state index is 14.0. The Hall–Kier alpha value is -3.13. The van der Waals surface area contributed by atoms with Crippen LogP contribution in [0.2, 0.25) is 0 Å². The molecule has 0 radical (unpaired) electrons. The SMILES string of the molecule is COCCCCn1ccc2c(C(=O)N(C3CC3)C3CCc4nn(C(=O)OC(C)(C)C)cc4C3)cccc21. The van der Waals surface area contributed by atoms with Gasteiger partial charge >= 0.3 is 6.09 Å². The van der Waals surface area contributed by atoms with Gasteiger partial charge in [-0.3, -0.25) is 4.79 Å². The predicted molar refractivity (Wildman–Crippen MR) is 142 cm³/mol. The molecule has 0 aliphatic heterocycles. The average Bonchev–Trinajstić information content (AvgIpc) is 3.44. The molecule has 3 aromatic rings. The first-order valence-electron chi connectivity index (χ1n) is 13.5. The molecule has 0 spiro atoms. The van der Waals surface area contributed by atoms with Gasteiger partial charge in [0, 0.05) is 61.2 Å². The highest BCUT2D eigenvalue weighted by atomic mass is 16.6. The molecule has 2 heterocycles. The van der Waals surface area contributed by atoms with Crippen LogP contribution in [0.15, 0.2) is 36.7 Å². The second kappa shape index (κ2) is 10.3. The third-order valence-corrected chi connectivity index (χ3v) is 7.24. The van der Waals surface area contributed by atoms with Crippen molar-refractivity contribution in [1.82, 2.24) is 19.2 Å². The molecule has 1 fully saturated rings. The summed E-state index contributed by atoms with van der Waals surface area (Å²) in [5.74, 6) is 0.109. The Bertz CT molecular complexity index is 1280. The van der Waals surface area contributed by atoms with E-state index in [1.54, 1.807) is 13.3 Å². The van der Waals surface area contributed by atoms with E-state index in [0.717, 1.165) is 79.4 Å². The summed E-state index contributed by atoms with van der Waals surface area (Å²) in [6.07, 6.45) is 9.84. The predicted octanol–water partition coefficient (Wildman–Crippen LogP) is 5.21.